The Balaban J connectivity index is 4.52. The van der Waals surface area contributed by atoms with Gasteiger partial charge in [-0.3, -0.25) is 0 Å². The Morgan fingerprint density at radius 3 is 2.06 bits per heavy atom. The van der Waals surface area contributed by atoms with Crippen molar-refractivity contribution in [2.24, 2.45) is 5.73 Å². The van der Waals surface area contributed by atoms with Crippen molar-refractivity contribution in [3.63, 3.8) is 0 Å². The molecule has 0 aliphatic rings. The van der Waals surface area contributed by atoms with Gasteiger partial charge in [0.1, 0.15) is 0 Å². The second-order valence-corrected chi connectivity index (χ2v) is 5.54. The molecule has 0 radical (unpaired) electrons. The second kappa shape index (κ2) is 7.20. The molecule has 0 aliphatic carbocycles. The number of alkyl halides is 2. The molecule has 0 aromatic rings. The lowest BCUT2D eigenvalue weighted by molar-refractivity contribution is 0.0166. The lowest BCUT2D eigenvalue weighted by atomic mass is 10.3. The summed E-state index contributed by atoms with van der Waals surface area (Å²) in [5, 5.41) is 0. The summed E-state index contributed by atoms with van der Waals surface area (Å²) in [7, 11) is -3.84. The summed E-state index contributed by atoms with van der Waals surface area (Å²) in [4.78, 5) is 0. The first-order chi connectivity index (χ1) is 7.79. The molecule has 0 heterocycles. The van der Waals surface area contributed by atoms with Gasteiger partial charge in [0.25, 0.3) is 16.1 Å². The van der Waals surface area contributed by atoms with Crippen molar-refractivity contribution in [3.05, 3.63) is 0 Å². The van der Waals surface area contributed by atoms with Gasteiger partial charge in [-0.15, -0.1) is 0 Å². The summed E-state index contributed by atoms with van der Waals surface area (Å²) >= 11 is 0. The maximum atomic E-state index is 12.8. The molecule has 8 heteroatoms. The Morgan fingerprint density at radius 2 is 1.71 bits per heavy atom. The first-order valence-electron chi connectivity index (χ1n) is 5.61. The molecular weight excluding hydrogens is 252 g/mol. The van der Waals surface area contributed by atoms with Gasteiger partial charge in [-0.1, -0.05) is 13.8 Å². The number of hydrogen-bond donors (Lipinski definition) is 2. The molecule has 0 aromatic carbocycles. The highest BCUT2D eigenvalue weighted by Crippen LogP contribution is 2.10. The van der Waals surface area contributed by atoms with Gasteiger partial charge in [0.2, 0.25) is 0 Å². The van der Waals surface area contributed by atoms with E-state index < -0.39 is 29.2 Å². The quantitative estimate of drug-likeness (QED) is 0.643. The fourth-order valence-corrected chi connectivity index (χ4v) is 2.63. The molecule has 17 heavy (non-hydrogen) atoms. The van der Waals surface area contributed by atoms with Crippen LogP contribution in [0.5, 0.6) is 0 Å². The van der Waals surface area contributed by atoms with E-state index in [2.05, 4.69) is 0 Å². The average Bonchev–Trinajstić information content (AvgIpc) is 2.27. The van der Waals surface area contributed by atoms with Crippen molar-refractivity contribution in [2.45, 2.75) is 32.6 Å². The summed E-state index contributed by atoms with van der Waals surface area (Å²) < 4.78 is 52.2. The maximum Gasteiger partial charge on any atom is 0.279 e. The summed E-state index contributed by atoms with van der Waals surface area (Å²) in [6.07, 6.45) is 1.27. The summed E-state index contributed by atoms with van der Waals surface area (Å²) in [6.45, 7) is 2.45. The van der Waals surface area contributed by atoms with E-state index in [1.807, 2.05) is 18.6 Å². The van der Waals surface area contributed by atoms with Crippen molar-refractivity contribution in [1.29, 1.82) is 0 Å². The Morgan fingerprint density at radius 1 is 1.24 bits per heavy atom. The third-order valence-electron chi connectivity index (χ3n) is 2.10. The van der Waals surface area contributed by atoms with Crippen molar-refractivity contribution >= 4 is 10.2 Å². The summed E-state index contributed by atoms with van der Waals surface area (Å²) in [5.41, 5.74) is 4.83. The minimum Gasteiger partial charge on any atom is -0.325 e. The third-order valence-corrected chi connectivity index (χ3v) is 3.65. The molecule has 0 amide bonds. The standard InChI is InChI=1S/C9H21F2N3O2S/c1-3-5-14(6-4-2)17(15,16)13-8-9(10,11)7-12/h13H,3-8,12H2,1-2H3. The van der Waals surface area contributed by atoms with Gasteiger partial charge in [0.15, 0.2) is 0 Å². The number of nitrogens with zero attached hydrogens (tertiary/aromatic N) is 1. The SMILES string of the molecule is CCCN(CCC)S(=O)(=O)NCC(F)(F)CN. The van der Waals surface area contributed by atoms with E-state index in [-0.39, 0.29) is 0 Å². The van der Waals surface area contributed by atoms with Gasteiger partial charge in [-0.2, -0.15) is 17.4 Å². The molecular formula is C9H21F2N3O2S. The van der Waals surface area contributed by atoms with E-state index in [0.29, 0.717) is 25.9 Å². The van der Waals surface area contributed by atoms with E-state index in [4.69, 9.17) is 5.73 Å². The monoisotopic (exact) mass is 273 g/mol. The lowest BCUT2D eigenvalue weighted by Crippen LogP contribution is -2.47. The van der Waals surface area contributed by atoms with E-state index in [0.717, 1.165) is 0 Å². The molecule has 0 fully saturated rings. The van der Waals surface area contributed by atoms with Crippen molar-refractivity contribution < 1.29 is 17.2 Å². The third kappa shape index (κ3) is 6.25. The van der Waals surface area contributed by atoms with Crippen LogP contribution in [0.1, 0.15) is 26.7 Å². The molecule has 104 valence electrons. The number of rotatable bonds is 9. The topological polar surface area (TPSA) is 75.4 Å². The zero-order valence-corrected chi connectivity index (χ0v) is 11.1. The molecule has 0 saturated carbocycles. The number of nitrogens with two attached hydrogens (primary N) is 1. The molecule has 0 aromatic heterocycles. The molecule has 0 bridgehead atoms. The van der Waals surface area contributed by atoms with Crippen molar-refractivity contribution in [2.75, 3.05) is 26.2 Å². The van der Waals surface area contributed by atoms with Crippen LogP contribution in [-0.2, 0) is 10.2 Å². The van der Waals surface area contributed by atoms with Gasteiger partial charge < -0.3 is 5.73 Å². The second-order valence-electron chi connectivity index (χ2n) is 3.79. The highest BCUT2D eigenvalue weighted by Gasteiger charge is 2.30. The highest BCUT2D eigenvalue weighted by atomic mass is 32.2. The van der Waals surface area contributed by atoms with Crippen LogP contribution in [0.2, 0.25) is 0 Å². The Kier molecular flexibility index (Phi) is 7.07. The molecule has 0 rings (SSSR count). The minimum absolute atomic E-state index is 0.317. The van der Waals surface area contributed by atoms with Gasteiger partial charge in [-0.25, -0.2) is 8.78 Å². The molecule has 3 N–H and O–H groups in total. The molecule has 5 nitrogen and oxygen atoms in total. The van der Waals surface area contributed by atoms with Crippen LogP contribution in [0.15, 0.2) is 0 Å². The van der Waals surface area contributed by atoms with Crippen LogP contribution in [0.4, 0.5) is 8.78 Å². The maximum absolute atomic E-state index is 12.8. The van der Waals surface area contributed by atoms with E-state index in [1.165, 1.54) is 4.31 Å². The zero-order chi connectivity index (χ0) is 13.5. The zero-order valence-electron chi connectivity index (χ0n) is 10.2. The Hall–Kier alpha value is -0.310. The summed E-state index contributed by atoms with van der Waals surface area (Å²) in [6, 6.07) is 0. The highest BCUT2D eigenvalue weighted by molar-refractivity contribution is 7.87. The molecule has 0 spiro atoms. The van der Waals surface area contributed by atoms with E-state index >= 15 is 0 Å². The van der Waals surface area contributed by atoms with Gasteiger partial charge in [-0.05, 0) is 12.8 Å². The molecule has 0 atom stereocenters. The van der Waals surface area contributed by atoms with Crippen LogP contribution < -0.4 is 10.5 Å². The van der Waals surface area contributed by atoms with Crippen molar-refractivity contribution in [3.8, 4) is 0 Å². The first-order valence-corrected chi connectivity index (χ1v) is 7.05. The van der Waals surface area contributed by atoms with E-state index in [1.54, 1.807) is 0 Å². The first kappa shape index (κ1) is 16.7. The minimum atomic E-state index is -3.84. The van der Waals surface area contributed by atoms with Gasteiger partial charge in [0, 0.05) is 13.1 Å². The Labute approximate surface area is 102 Å². The summed E-state index contributed by atoms with van der Waals surface area (Å²) in [5.74, 6) is -3.21. The van der Waals surface area contributed by atoms with Crippen LogP contribution in [0.3, 0.4) is 0 Å². The average molecular weight is 273 g/mol. The number of hydrogen-bond acceptors (Lipinski definition) is 3. The number of nitrogens with one attached hydrogen (secondary N) is 1. The molecule has 0 saturated heterocycles. The fraction of sp³-hybridized carbons (Fsp3) is 1.00. The van der Waals surface area contributed by atoms with Crippen molar-refractivity contribution in [1.82, 2.24) is 9.03 Å². The number of halogens is 2. The fourth-order valence-electron chi connectivity index (χ4n) is 1.21. The predicted octanol–water partition coefficient (Wildman–Crippen LogP) is 0.537. The van der Waals surface area contributed by atoms with Gasteiger partial charge >= 0.3 is 0 Å². The molecule has 0 aliphatic heterocycles. The van der Waals surface area contributed by atoms with Crippen LogP contribution >= 0.6 is 0 Å². The Bertz CT molecular complexity index is 303. The largest absolute Gasteiger partial charge is 0.325 e. The lowest BCUT2D eigenvalue weighted by Gasteiger charge is -2.23. The normalized spacial score (nSPS) is 13.3. The smallest absolute Gasteiger partial charge is 0.279 e. The van der Waals surface area contributed by atoms with Crippen LogP contribution in [-0.4, -0.2) is 44.8 Å². The molecule has 0 unspecified atom stereocenters. The van der Waals surface area contributed by atoms with E-state index in [9.17, 15) is 17.2 Å². The predicted molar refractivity (Wildman–Crippen MR) is 63.1 cm³/mol. The van der Waals surface area contributed by atoms with Crippen LogP contribution in [0.25, 0.3) is 0 Å². The van der Waals surface area contributed by atoms with Gasteiger partial charge in [0.05, 0.1) is 13.1 Å². The van der Waals surface area contributed by atoms with Crippen LogP contribution in [0, 0.1) is 0 Å².